The van der Waals surface area contributed by atoms with Crippen molar-refractivity contribution in [3.8, 4) is 0 Å². The summed E-state index contributed by atoms with van der Waals surface area (Å²) in [5, 5.41) is 9.12. The summed E-state index contributed by atoms with van der Waals surface area (Å²) in [7, 11) is 0. The maximum atomic E-state index is 11.1. The van der Waals surface area contributed by atoms with Crippen LogP contribution in [-0.2, 0) is 12.8 Å². The summed E-state index contributed by atoms with van der Waals surface area (Å²) in [4.78, 5) is 13.6. The van der Waals surface area contributed by atoms with Gasteiger partial charge in [-0.1, -0.05) is 50.2 Å². The van der Waals surface area contributed by atoms with E-state index in [0.29, 0.717) is 17.4 Å². The van der Waals surface area contributed by atoms with E-state index in [1.807, 2.05) is 12.1 Å². The van der Waals surface area contributed by atoms with E-state index in [9.17, 15) is 4.79 Å². The number of halogens is 1. The summed E-state index contributed by atoms with van der Waals surface area (Å²) in [5.41, 5.74) is 4.55. The number of aromatic carboxylic acids is 1. The lowest BCUT2D eigenvalue weighted by Gasteiger charge is -2.37. The number of carboxylic acid groups (broad SMARTS) is 1. The Labute approximate surface area is 168 Å². The molecule has 2 unspecified atom stereocenters. The topological polar surface area (TPSA) is 40.5 Å². The largest absolute Gasteiger partial charge is 0.478 e. The van der Waals surface area contributed by atoms with Crippen LogP contribution in [0.3, 0.4) is 0 Å². The molecule has 4 heteroatoms. The van der Waals surface area contributed by atoms with Gasteiger partial charge in [0.25, 0.3) is 0 Å². The molecule has 0 aromatic heterocycles. The molecule has 0 spiro atoms. The lowest BCUT2D eigenvalue weighted by molar-refractivity contribution is 0.0697. The minimum Gasteiger partial charge on any atom is -0.478 e. The van der Waals surface area contributed by atoms with E-state index in [4.69, 9.17) is 5.11 Å². The van der Waals surface area contributed by atoms with E-state index in [2.05, 4.69) is 43.0 Å². The summed E-state index contributed by atoms with van der Waals surface area (Å²) < 4.78 is 0. The fourth-order valence-electron chi connectivity index (χ4n) is 4.27. The predicted molar refractivity (Wildman–Crippen MR) is 113 cm³/mol. The van der Waals surface area contributed by atoms with E-state index >= 15 is 0 Å². The molecule has 0 fully saturated rings. The van der Waals surface area contributed by atoms with Gasteiger partial charge in [0.2, 0.25) is 0 Å². The fourth-order valence-corrected chi connectivity index (χ4v) is 4.27. The number of benzene rings is 2. The summed E-state index contributed by atoms with van der Waals surface area (Å²) >= 11 is 0. The molecule has 0 saturated heterocycles. The zero-order chi connectivity index (χ0) is 18.5. The van der Waals surface area contributed by atoms with Crippen LogP contribution < -0.4 is 0 Å². The highest BCUT2D eigenvalue weighted by molar-refractivity contribution is 5.87. The molecule has 0 bridgehead atoms. The van der Waals surface area contributed by atoms with E-state index < -0.39 is 5.97 Å². The molecule has 146 valence electrons. The van der Waals surface area contributed by atoms with Crippen LogP contribution >= 0.6 is 12.4 Å². The molecule has 2 atom stereocenters. The molecule has 2 aromatic rings. The normalized spacial score (nSPS) is 18.6. The molecule has 0 heterocycles. The molecule has 0 radical (unpaired) electrons. The third kappa shape index (κ3) is 5.12. The van der Waals surface area contributed by atoms with Crippen LogP contribution in [0.2, 0.25) is 0 Å². The molecule has 1 N–H and O–H groups in total. The van der Waals surface area contributed by atoms with Gasteiger partial charge in [-0.05, 0) is 73.0 Å². The van der Waals surface area contributed by atoms with Crippen molar-refractivity contribution < 1.29 is 9.90 Å². The Morgan fingerprint density at radius 3 is 2.37 bits per heavy atom. The molecule has 0 aliphatic heterocycles. The van der Waals surface area contributed by atoms with Gasteiger partial charge in [0.15, 0.2) is 0 Å². The van der Waals surface area contributed by atoms with Crippen LogP contribution in [0.5, 0.6) is 0 Å². The van der Waals surface area contributed by atoms with Gasteiger partial charge < -0.3 is 10.0 Å². The van der Waals surface area contributed by atoms with Crippen molar-refractivity contribution in [3.05, 3.63) is 70.8 Å². The van der Waals surface area contributed by atoms with Crippen LogP contribution in [-0.4, -0.2) is 35.6 Å². The second-order valence-corrected chi connectivity index (χ2v) is 7.30. The van der Waals surface area contributed by atoms with Crippen molar-refractivity contribution >= 4 is 18.4 Å². The first kappa shape index (κ1) is 21.5. The fraction of sp³-hybridized carbons (Fsp3) is 0.435. The van der Waals surface area contributed by atoms with Gasteiger partial charge in [0.05, 0.1) is 5.56 Å². The lowest BCUT2D eigenvalue weighted by atomic mass is 9.72. The Bertz CT molecular complexity index is 740. The smallest absolute Gasteiger partial charge is 0.335 e. The molecule has 1 aliphatic carbocycles. The molecule has 2 aromatic carbocycles. The number of carboxylic acids is 1. The van der Waals surface area contributed by atoms with Gasteiger partial charge in [-0.3, -0.25) is 0 Å². The number of fused-ring (bicyclic) bond motifs is 1. The quantitative estimate of drug-likeness (QED) is 0.723. The van der Waals surface area contributed by atoms with Gasteiger partial charge in [-0.2, -0.15) is 0 Å². The van der Waals surface area contributed by atoms with Crippen LogP contribution in [0.15, 0.2) is 48.5 Å². The number of carbonyl (C=O) groups is 1. The monoisotopic (exact) mass is 387 g/mol. The highest BCUT2D eigenvalue weighted by Crippen LogP contribution is 2.39. The van der Waals surface area contributed by atoms with E-state index in [1.165, 1.54) is 23.1 Å². The van der Waals surface area contributed by atoms with Crippen LogP contribution in [0, 0.1) is 5.92 Å². The third-order valence-corrected chi connectivity index (χ3v) is 5.85. The molecule has 3 rings (SSSR count). The Morgan fingerprint density at radius 1 is 1.07 bits per heavy atom. The van der Waals surface area contributed by atoms with Crippen LogP contribution in [0.25, 0.3) is 0 Å². The number of aryl methyl sites for hydroxylation is 1. The number of nitrogens with zero attached hydrogens (tertiary/aromatic N) is 1. The Morgan fingerprint density at radius 2 is 1.74 bits per heavy atom. The van der Waals surface area contributed by atoms with Crippen molar-refractivity contribution in [1.29, 1.82) is 0 Å². The maximum absolute atomic E-state index is 11.1. The summed E-state index contributed by atoms with van der Waals surface area (Å²) in [6.07, 6.45) is 3.37. The summed E-state index contributed by atoms with van der Waals surface area (Å²) in [6.45, 7) is 7.79. The van der Waals surface area contributed by atoms with Crippen LogP contribution in [0.1, 0.15) is 53.2 Å². The van der Waals surface area contributed by atoms with Gasteiger partial charge in [-0.15, -0.1) is 12.4 Å². The molecule has 27 heavy (non-hydrogen) atoms. The van der Waals surface area contributed by atoms with Gasteiger partial charge in [-0.25, -0.2) is 4.79 Å². The van der Waals surface area contributed by atoms with E-state index in [-0.39, 0.29) is 12.4 Å². The highest BCUT2D eigenvalue weighted by Gasteiger charge is 2.30. The zero-order valence-corrected chi connectivity index (χ0v) is 17.0. The van der Waals surface area contributed by atoms with Crippen molar-refractivity contribution in [2.75, 3.05) is 19.6 Å². The van der Waals surface area contributed by atoms with Crippen molar-refractivity contribution in [1.82, 2.24) is 4.90 Å². The SMILES string of the molecule is CCN(CC)CC1CCc2ccccc2C1Cc1ccc(C(=O)O)cc1.Cl. The molecular formula is C23H30ClNO2. The first-order chi connectivity index (χ1) is 12.6. The minimum atomic E-state index is -0.862. The predicted octanol–water partition coefficient (Wildman–Crippen LogP) is 5.04. The maximum Gasteiger partial charge on any atom is 0.335 e. The standard InChI is InChI=1S/C23H29NO2.ClH/c1-3-24(4-2)16-20-14-13-18-7-5-6-8-21(18)22(20)15-17-9-11-19(12-10-17)23(25)26;/h5-12,20,22H,3-4,13-16H2,1-2H3,(H,25,26);1H. The molecule has 0 amide bonds. The second kappa shape index (κ2) is 9.91. The third-order valence-electron chi connectivity index (χ3n) is 5.85. The van der Waals surface area contributed by atoms with E-state index in [1.54, 1.807) is 12.1 Å². The molecule has 0 saturated carbocycles. The lowest BCUT2D eigenvalue weighted by Crippen LogP contribution is -2.35. The summed E-state index contributed by atoms with van der Waals surface area (Å²) in [5.74, 6) is 0.277. The Hall–Kier alpha value is -1.84. The Kier molecular flexibility index (Phi) is 7.88. The minimum absolute atomic E-state index is 0. The molecular weight excluding hydrogens is 358 g/mol. The average Bonchev–Trinajstić information content (AvgIpc) is 2.67. The first-order valence-electron chi connectivity index (χ1n) is 9.74. The van der Waals surface area contributed by atoms with Crippen molar-refractivity contribution in [2.45, 2.75) is 39.0 Å². The second-order valence-electron chi connectivity index (χ2n) is 7.30. The van der Waals surface area contributed by atoms with Gasteiger partial charge in [0.1, 0.15) is 0 Å². The van der Waals surface area contributed by atoms with Crippen LogP contribution in [0.4, 0.5) is 0 Å². The zero-order valence-electron chi connectivity index (χ0n) is 16.2. The summed E-state index contributed by atoms with van der Waals surface area (Å²) in [6, 6.07) is 16.3. The number of rotatable bonds is 7. The van der Waals surface area contributed by atoms with Gasteiger partial charge >= 0.3 is 5.97 Å². The van der Waals surface area contributed by atoms with Gasteiger partial charge in [0, 0.05) is 6.54 Å². The molecule has 1 aliphatic rings. The van der Waals surface area contributed by atoms with E-state index in [0.717, 1.165) is 32.5 Å². The average molecular weight is 388 g/mol. The number of hydrogen-bond acceptors (Lipinski definition) is 2. The van der Waals surface area contributed by atoms with Crippen molar-refractivity contribution in [3.63, 3.8) is 0 Å². The Balaban J connectivity index is 0.00000261. The van der Waals surface area contributed by atoms with Crippen molar-refractivity contribution in [2.24, 2.45) is 5.92 Å². The molecule has 3 nitrogen and oxygen atoms in total. The highest BCUT2D eigenvalue weighted by atomic mass is 35.5. The first-order valence-corrected chi connectivity index (χ1v) is 9.74. The number of hydrogen-bond donors (Lipinski definition) is 1.